The summed E-state index contributed by atoms with van der Waals surface area (Å²) in [4.78, 5) is 0. The van der Waals surface area contributed by atoms with Crippen LogP contribution in [-0.2, 0) is 6.42 Å². The Morgan fingerprint density at radius 1 is 1.00 bits per heavy atom. The zero-order chi connectivity index (χ0) is 16.2. The van der Waals surface area contributed by atoms with Crippen molar-refractivity contribution in [3.05, 3.63) is 47.5 Å². The van der Waals surface area contributed by atoms with Gasteiger partial charge in [-0.1, -0.05) is 62.6 Å². The van der Waals surface area contributed by atoms with Crippen molar-refractivity contribution in [1.82, 2.24) is 0 Å². The summed E-state index contributed by atoms with van der Waals surface area (Å²) in [7, 11) is 0. The molecule has 0 radical (unpaired) electrons. The van der Waals surface area contributed by atoms with Crippen LogP contribution in [0, 0.1) is 0 Å². The summed E-state index contributed by atoms with van der Waals surface area (Å²) in [6.07, 6.45) is 0.348. The monoisotopic (exact) mass is 309 g/mol. The highest BCUT2D eigenvalue weighted by Crippen LogP contribution is 2.37. The molecule has 2 rings (SSSR count). The molecule has 0 saturated heterocycles. The second-order valence-electron chi connectivity index (χ2n) is 5.69. The molecule has 0 unspecified atom stereocenters. The molecule has 0 aliphatic rings. The molecule has 0 aromatic heterocycles. The second-order valence-corrected chi connectivity index (χ2v) is 5.69. The molecule has 0 bridgehead atoms. The van der Waals surface area contributed by atoms with Crippen molar-refractivity contribution in [2.45, 2.75) is 51.2 Å². The van der Waals surface area contributed by atoms with Crippen LogP contribution in [0.4, 0.5) is 13.2 Å². The highest BCUT2D eigenvalue weighted by Gasteiger charge is 2.39. The first-order valence-electron chi connectivity index (χ1n) is 7.78. The Balaban J connectivity index is 2.42. The highest BCUT2D eigenvalue weighted by molar-refractivity contribution is 5.87. The molecule has 0 spiro atoms. The summed E-state index contributed by atoms with van der Waals surface area (Å²) in [6.45, 7) is 2.11. The van der Waals surface area contributed by atoms with Gasteiger partial charge in [-0.25, -0.2) is 0 Å². The minimum Gasteiger partial charge on any atom is -0.316 e. The molecule has 4 heteroatoms. The fourth-order valence-corrected chi connectivity index (χ4v) is 2.83. The average Bonchev–Trinajstić information content (AvgIpc) is 2.49. The van der Waals surface area contributed by atoms with Gasteiger partial charge in [0.05, 0.1) is 0 Å². The number of benzene rings is 2. The highest BCUT2D eigenvalue weighted by atomic mass is 19.4. The van der Waals surface area contributed by atoms with Crippen LogP contribution in [0.1, 0.15) is 49.8 Å². The van der Waals surface area contributed by atoms with E-state index in [0.29, 0.717) is 11.8 Å². The Hall–Kier alpha value is -1.55. The lowest BCUT2D eigenvalue weighted by molar-refractivity contribution is -0.149. The largest absolute Gasteiger partial charge is 0.407 e. The molecule has 2 aromatic rings. The Bertz CT molecular complexity index is 619. The van der Waals surface area contributed by atoms with E-state index in [1.807, 2.05) is 18.2 Å². The van der Waals surface area contributed by atoms with E-state index >= 15 is 0 Å². The smallest absolute Gasteiger partial charge is 0.316 e. The van der Waals surface area contributed by atoms with Gasteiger partial charge in [0.15, 0.2) is 0 Å². The number of hydrogen-bond donors (Lipinski definition) is 1. The number of halogens is 3. The van der Waals surface area contributed by atoms with Gasteiger partial charge in [-0.05, 0) is 34.7 Å². The molecule has 22 heavy (non-hydrogen) atoms. The Morgan fingerprint density at radius 2 is 1.73 bits per heavy atom. The van der Waals surface area contributed by atoms with Crippen molar-refractivity contribution in [2.24, 2.45) is 5.73 Å². The number of nitrogens with two attached hydrogens (primary N) is 1. The first-order chi connectivity index (χ1) is 10.4. The molecule has 120 valence electrons. The van der Waals surface area contributed by atoms with Crippen molar-refractivity contribution >= 4 is 10.8 Å². The van der Waals surface area contributed by atoms with Crippen LogP contribution in [-0.4, -0.2) is 6.18 Å². The van der Waals surface area contributed by atoms with E-state index in [-0.39, 0.29) is 5.56 Å². The summed E-state index contributed by atoms with van der Waals surface area (Å²) in [5, 5.41) is 1.41. The van der Waals surface area contributed by atoms with E-state index < -0.39 is 12.2 Å². The number of aryl methyl sites for hydroxylation is 1. The molecule has 0 aliphatic carbocycles. The summed E-state index contributed by atoms with van der Waals surface area (Å²) in [5.41, 5.74) is 6.50. The lowest BCUT2D eigenvalue weighted by atomic mass is 9.91. The van der Waals surface area contributed by atoms with Crippen LogP contribution in [0.2, 0.25) is 0 Å². The minimum absolute atomic E-state index is 0.238. The third kappa shape index (κ3) is 3.80. The zero-order valence-electron chi connectivity index (χ0n) is 12.8. The van der Waals surface area contributed by atoms with Gasteiger partial charge in [-0.15, -0.1) is 0 Å². The van der Waals surface area contributed by atoms with Crippen LogP contribution in [0.5, 0.6) is 0 Å². The van der Waals surface area contributed by atoms with E-state index in [2.05, 4.69) is 6.92 Å². The first-order valence-corrected chi connectivity index (χ1v) is 7.78. The van der Waals surface area contributed by atoms with Gasteiger partial charge in [0.1, 0.15) is 6.04 Å². The summed E-state index contributed by atoms with van der Waals surface area (Å²) in [5.74, 6) is 0. The van der Waals surface area contributed by atoms with E-state index in [1.54, 1.807) is 18.2 Å². The Morgan fingerprint density at radius 3 is 2.41 bits per heavy atom. The van der Waals surface area contributed by atoms with Gasteiger partial charge in [-0.2, -0.15) is 13.2 Å². The number of hydrogen-bond acceptors (Lipinski definition) is 1. The minimum atomic E-state index is -4.43. The molecule has 0 heterocycles. The number of fused-ring (bicyclic) bond motifs is 1. The first kappa shape index (κ1) is 16.8. The molecule has 2 aromatic carbocycles. The predicted octanol–water partition coefficient (Wildman–Crippen LogP) is 5.52. The molecule has 0 amide bonds. The molecular formula is C18H22F3N. The SMILES string of the molecule is CCCCCCc1ccc2ccccc2c1[C@H](N)C(F)(F)F. The third-order valence-corrected chi connectivity index (χ3v) is 4.02. The lowest BCUT2D eigenvalue weighted by Gasteiger charge is -2.21. The van der Waals surface area contributed by atoms with Crippen LogP contribution < -0.4 is 5.73 Å². The maximum atomic E-state index is 13.2. The second kappa shape index (κ2) is 7.14. The molecule has 2 N–H and O–H groups in total. The summed E-state index contributed by atoms with van der Waals surface area (Å²) >= 11 is 0. The molecular weight excluding hydrogens is 287 g/mol. The van der Waals surface area contributed by atoms with Gasteiger partial charge in [-0.3, -0.25) is 0 Å². The van der Waals surface area contributed by atoms with Crippen molar-refractivity contribution in [1.29, 1.82) is 0 Å². The average molecular weight is 309 g/mol. The van der Waals surface area contributed by atoms with Gasteiger partial charge >= 0.3 is 6.18 Å². The molecule has 0 saturated carbocycles. The maximum Gasteiger partial charge on any atom is 0.407 e. The molecule has 1 nitrogen and oxygen atoms in total. The van der Waals surface area contributed by atoms with E-state index in [0.717, 1.165) is 36.6 Å². The van der Waals surface area contributed by atoms with Crippen LogP contribution in [0.15, 0.2) is 36.4 Å². The quantitative estimate of drug-likeness (QED) is 0.698. The van der Waals surface area contributed by atoms with E-state index in [4.69, 9.17) is 5.73 Å². The summed E-state index contributed by atoms with van der Waals surface area (Å²) < 4.78 is 39.5. The van der Waals surface area contributed by atoms with Crippen LogP contribution in [0.3, 0.4) is 0 Å². The normalized spacial score (nSPS) is 13.5. The van der Waals surface area contributed by atoms with Crippen LogP contribution in [0.25, 0.3) is 10.8 Å². The lowest BCUT2D eigenvalue weighted by Crippen LogP contribution is -2.29. The van der Waals surface area contributed by atoms with E-state index in [9.17, 15) is 13.2 Å². The van der Waals surface area contributed by atoms with Gasteiger partial charge in [0.25, 0.3) is 0 Å². The van der Waals surface area contributed by atoms with Crippen molar-refractivity contribution in [3.63, 3.8) is 0 Å². The fourth-order valence-electron chi connectivity index (χ4n) is 2.83. The van der Waals surface area contributed by atoms with Gasteiger partial charge < -0.3 is 5.73 Å². The number of rotatable bonds is 6. The topological polar surface area (TPSA) is 26.0 Å². The van der Waals surface area contributed by atoms with Gasteiger partial charge in [0, 0.05) is 0 Å². The predicted molar refractivity (Wildman–Crippen MR) is 84.8 cm³/mol. The Labute approximate surface area is 129 Å². The van der Waals surface area contributed by atoms with Gasteiger partial charge in [0.2, 0.25) is 0 Å². The van der Waals surface area contributed by atoms with Crippen molar-refractivity contribution < 1.29 is 13.2 Å². The Kier molecular flexibility index (Phi) is 5.46. The standard InChI is InChI=1S/C18H22F3N/c1-2-3-4-5-9-14-12-11-13-8-6-7-10-15(13)16(14)17(22)18(19,20)21/h6-8,10-12,17H,2-5,9,22H2,1H3/t17-/m0/s1. The number of unbranched alkanes of at least 4 members (excludes halogenated alkanes) is 3. The fraction of sp³-hybridized carbons (Fsp3) is 0.444. The van der Waals surface area contributed by atoms with Crippen molar-refractivity contribution in [3.8, 4) is 0 Å². The van der Waals surface area contributed by atoms with Crippen molar-refractivity contribution in [2.75, 3.05) is 0 Å². The summed E-state index contributed by atoms with van der Waals surface area (Å²) in [6, 6.07) is 8.89. The molecule has 0 fully saturated rings. The number of alkyl halides is 3. The maximum absolute atomic E-state index is 13.2. The molecule has 0 aliphatic heterocycles. The van der Waals surface area contributed by atoms with E-state index in [1.165, 1.54) is 0 Å². The van der Waals surface area contributed by atoms with Crippen LogP contribution >= 0.6 is 0 Å². The molecule has 1 atom stereocenters. The third-order valence-electron chi connectivity index (χ3n) is 4.02. The zero-order valence-corrected chi connectivity index (χ0v) is 12.8.